The zero-order valence-corrected chi connectivity index (χ0v) is 15.6. The maximum absolute atomic E-state index is 12.9. The Kier molecular flexibility index (Phi) is 5.78. The molecular formula is C19H23FN2O3S. The van der Waals surface area contributed by atoms with Crippen LogP contribution >= 0.6 is 0 Å². The topological polar surface area (TPSA) is 49.9 Å². The first kappa shape index (κ1) is 18.7. The molecule has 0 N–H and O–H groups in total. The first-order chi connectivity index (χ1) is 12.4. The molecule has 3 rings (SSSR count). The van der Waals surface area contributed by atoms with Crippen LogP contribution in [0.1, 0.15) is 5.56 Å². The van der Waals surface area contributed by atoms with Crippen molar-refractivity contribution in [3.05, 3.63) is 59.9 Å². The van der Waals surface area contributed by atoms with Crippen LogP contribution in [-0.4, -0.2) is 51.3 Å². The molecule has 0 aromatic heterocycles. The number of aryl methyl sites for hydroxylation is 1. The Balaban J connectivity index is 1.50. The summed E-state index contributed by atoms with van der Waals surface area (Å²) in [6.07, 6.45) is 0. The predicted octanol–water partition coefficient (Wildman–Crippen LogP) is 2.66. The molecule has 1 heterocycles. The number of benzene rings is 2. The van der Waals surface area contributed by atoms with Crippen LogP contribution in [0.4, 0.5) is 10.1 Å². The maximum Gasteiger partial charge on any atom is 0.217 e. The number of rotatable bonds is 6. The van der Waals surface area contributed by atoms with Gasteiger partial charge in [-0.3, -0.25) is 0 Å². The normalized spacial score (nSPS) is 15.8. The highest BCUT2D eigenvalue weighted by molar-refractivity contribution is 7.89. The Bertz CT molecular complexity index is 832. The van der Waals surface area contributed by atoms with Gasteiger partial charge in [-0.05, 0) is 48.9 Å². The number of hydrogen-bond acceptors (Lipinski definition) is 4. The molecule has 1 saturated heterocycles. The molecule has 0 amide bonds. The van der Waals surface area contributed by atoms with Crippen molar-refractivity contribution in [2.45, 2.75) is 6.92 Å². The molecule has 26 heavy (non-hydrogen) atoms. The van der Waals surface area contributed by atoms with E-state index in [4.69, 9.17) is 4.74 Å². The van der Waals surface area contributed by atoms with Gasteiger partial charge in [-0.1, -0.05) is 12.1 Å². The highest BCUT2D eigenvalue weighted by Gasteiger charge is 2.27. The van der Waals surface area contributed by atoms with Crippen molar-refractivity contribution in [3.8, 4) is 5.75 Å². The van der Waals surface area contributed by atoms with Gasteiger partial charge in [0.05, 0.1) is 5.75 Å². The fourth-order valence-corrected chi connectivity index (χ4v) is 4.25. The summed E-state index contributed by atoms with van der Waals surface area (Å²) >= 11 is 0. The summed E-state index contributed by atoms with van der Waals surface area (Å²) in [5.41, 5.74) is 2.32. The molecule has 1 fully saturated rings. The van der Waals surface area contributed by atoms with Crippen LogP contribution < -0.4 is 9.64 Å². The van der Waals surface area contributed by atoms with E-state index < -0.39 is 10.0 Å². The first-order valence-corrected chi connectivity index (χ1v) is 10.2. The Hall–Kier alpha value is -2.12. The van der Waals surface area contributed by atoms with E-state index in [1.807, 2.05) is 25.1 Å². The second-order valence-corrected chi connectivity index (χ2v) is 8.43. The third-order valence-electron chi connectivity index (χ3n) is 4.42. The molecule has 2 aromatic carbocycles. The van der Waals surface area contributed by atoms with Crippen molar-refractivity contribution >= 4 is 15.7 Å². The molecule has 140 valence electrons. The van der Waals surface area contributed by atoms with E-state index in [1.54, 1.807) is 0 Å². The zero-order chi connectivity index (χ0) is 18.6. The molecule has 7 heteroatoms. The van der Waals surface area contributed by atoms with Gasteiger partial charge in [-0.25, -0.2) is 12.8 Å². The minimum absolute atomic E-state index is 0.0477. The fraction of sp³-hybridized carbons (Fsp3) is 0.368. The van der Waals surface area contributed by atoms with Gasteiger partial charge < -0.3 is 9.64 Å². The molecule has 0 radical (unpaired) electrons. The fourth-order valence-electron chi connectivity index (χ4n) is 2.97. The molecule has 2 aromatic rings. The monoisotopic (exact) mass is 378 g/mol. The van der Waals surface area contributed by atoms with Crippen molar-refractivity contribution in [2.24, 2.45) is 0 Å². The van der Waals surface area contributed by atoms with E-state index in [9.17, 15) is 12.8 Å². The van der Waals surface area contributed by atoms with Crippen molar-refractivity contribution < 1.29 is 17.5 Å². The van der Waals surface area contributed by atoms with Gasteiger partial charge in [0, 0.05) is 31.9 Å². The lowest BCUT2D eigenvalue weighted by Gasteiger charge is -2.35. The van der Waals surface area contributed by atoms with Crippen molar-refractivity contribution in [1.29, 1.82) is 0 Å². The summed E-state index contributed by atoms with van der Waals surface area (Å²) in [5, 5.41) is 0. The summed E-state index contributed by atoms with van der Waals surface area (Å²) in [7, 11) is -3.37. The van der Waals surface area contributed by atoms with Gasteiger partial charge >= 0.3 is 0 Å². The lowest BCUT2D eigenvalue weighted by atomic mass is 10.2. The molecule has 0 saturated carbocycles. The van der Waals surface area contributed by atoms with Gasteiger partial charge in [0.1, 0.15) is 18.2 Å². The highest BCUT2D eigenvalue weighted by atomic mass is 32.2. The molecule has 0 aliphatic carbocycles. The number of hydrogen-bond donors (Lipinski definition) is 0. The van der Waals surface area contributed by atoms with Gasteiger partial charge in [0.15, 0.2) is 0 Å². The van der Waals surface area contributed by atoms with Gasteiger partial charge in [0.25, 0.3) is 0 Å². The molecule has 1 aliphatic heterocycles. The van der Waals surface area contributed by atoms with Gasteiger partial charge in [-0.2, -0.15) is 4.31 Å². The molecule has 0 spiro atoms. The van der Waals surface area contributed by atoms with Crippen LogP contribution in [0.2, 0.25) is 0 Å². The van der Waals surface area contributed by atoms with Gasteiger partial charge in [0.2, 0.25) is 10.0 Å². The smallest absolute Gasteiger partial charge is 0.217 e. The third-order valence-corrected chi connectivity index (χ3v) is 6.26. The van der Waals surface area contributed by atoms with E-state index >= 15 is 0 Å². The Labute approximate surface area is 154 Å². The molecule has 0 atom stereocenters. The zero-order valence-electron chi connectivity index (χ0n) is 14.8. The Morgan fingerprint density at radius 1 is 1.04 bits per heavy atom. The van der Waals surface area contributed by atoms with E-state index in [2.05, 4.69) is 11.0 Å². The maximum atomic E-state index is 12.9. The summed E-state index contributed by atoms with van der Waals surface area (Å²) in [6, 6.07) is 13.8. The van der Waals surface area contributed by atoms with Crippen molar-refractivity contribution in [3.63, 3.8) is 0 Å². The molecular weight excluding hydrogens is 355 g/mol. The van der Waals surface area contributed by atoms with Crippen molar-refractivity contribution in [2.75, 3.05) is 43.4 Å². The third kappa shape index (κ3) is 4.74. The quantitative estimate of drug-likeness (QED) is 0.776. The summed E-state index contributed by atoms with van der Waals surface area (Å²) in [5.74, 6) is 0.0248. The number of anilines is 1. The first-order valence-electron chi connectivity index (χ1n) is 8.62. The van der Waals surface area contributed by atoms with Crippen molar-refractivity contribution in [1.82, 2.24) is 4.31 Å². The van der Waals surface area contributed by atoms with E-state index in [0.29, 0.717) is 31.9 Å². The number of halogens is 1. The molecule has 1 aliphatic rings. The highest BCUT2D eigenvalue weighted by Crippen LogP contribution is 2.19. The molecule has 0 unspecified atom stereocenters. The van der Waals surface area contributed by atoms with Crippen LogP contribution in [0.15, 0.2) is 48.5 Å². The SMILES string of the molecule is Cc1cccc(N2CCN(S(=O)(=O)CCOc3ccc(F)cc3)CC2)c1. The van der Waals surface area contributed by atoms with Crippen LogP contribution in [-0.2, 0) is 10.0 Å². The predicted molar refractivity (Wildman–Crippen MR) is 101 cm³/mol. The average Bonchev–Trinajstić information content (AvgIpc) is 2.63. The molecule has 0 bridgehead atoms. The van der Waals surface area contributed by atoms with Crippen LogP contribution in [0.25, 0.3) is 0 Å². The standard InChI is InChI=1S/C19H23FN2O3S/c1-16-3-2-4-18(15-16)21-9-11-22(12-10-21)26(23,24)14-13-25-19-7-5-17(20)6-8-19/h2-8,15H,9-14H2,1H3. The summed E-state index contributed by atoms with van der Waals surface area (Å²) in [4.78, 5) is 2.20. The Morgan fingerprint density at radius 3 is 2.38 bits per heavy atom. The number of ether oxygens (including phenoxy) is 1. The summed E-state index contributed by atoms with van der Waals surface area (Å²) in [6.45, 7) is 4.36. The second kappa shape index (κ2) is 8.05. The Morgan fingerprint density at radius 2 is 1.73 bits per heavy atom. The lowest BCUT2D eigenvalue weighted by Crippen LogP contribution is -2.49. The van der Waals surface area contributed by atoms with E-state index in [0.717, 1.165) is 5.69 Å². The van der Waals surface area contributed by atoms with E-state index in [-0.39, 0.29) is 18.2 Å². The largest absolute Gasteiger partial charge is 0.492 e. The minimum atomic E-state index is -3.37. The second-order valence-electron chi connectivity index (χ2n) is 6.34. The number of nitrogens with zero attached hydrogens (tertiary/aromatic N) is 2. The van der Waals surface area contributed by atoms with Crippen LogP contribution in [0, 0.1) is 12.7 Å². The lowest BCUT2D eigenvalue weighted by molar-refractivity contribution is 0.330. The number of piperazine rings is 1. The molecule has 5 nitrogen and oxygen atoms in total. The summed E-state index contributed by atoms with van der Waals surface area (Å²) < 4.78 is 44.8. The van der Waals surface area contributed by atoms with E-state index in [1.165, 1.54) is 34.1 Å². The number of sulfonamides is 1. The average molecular weight is 378 g/mol. The minimum Gasteiger partial charge on any atom is -0.492 e. The van der Waals surface area contributed by atoms with Crippen LogP contribution in [0.5, 0.6) is 5.75 Å². The van der Waals surface area contributed by atoms with Gasteiger partial charge in [-0.15, -0.1) is 0 Å². The van der Waals surface area contributed by atoms with Crippen LogP contribution in [0.3, 0.4) is 0 Å².